The topological polar surface area (TPSA) is 49.9 Å². The van der Waals surface area contributed by atoms with Gasteiger partial charge in [-0.1, -0.05) is 6.92 Å². The molecule has 0 aliphatic carbocycles. The number of anilines is 1. The van der Waals surface area contributed by atoms with Gasteiger partial charge >= 0.3 is 0 Å². The third-order valence-corrected chi connectivity index (χ3v) is 2.51. The van der Waals surface area contributed by atoms with Crippen LogP contribution < -0.4 is 5.32 Å². The summed E-state index contributed by atoms with van der Waals surface area (Å²) in [6, 6.07) is 4.50. The lowest BCUT2D eigenvalue weighted by molar-refractivity contribution is 0.164. The molecule has 1 aromatic carbocycles. The van der Waals surface area contributed by atoms with Crippen molar-refractivity contribution >= 4 is 17.0 Å². The van der Waals surface area contributed by atoms with Gasteiger partial charge in [0.15, 0.2) is 0 Å². The Morgan fingerprint density at radius 3 is 3.12 bits per heavy atom. The van der Waals surface area contributed by atoms with Gasteiger partial charge in [0.2, 0.25) is 5.95 Å². The Kier molecular flexibility index (Phi) is 3.58. The van der Waals surface area contributed by atoms with Gasteiger partial charge in [-0.25, -0.2) is 9.37 Å². The first kappa shape index (κ1) is 11.9. The number of hydrogen-bond donors (Lipinski definition) is 2. The van der Waals surface area contributed by atoms with Crippen molar-refractivity contribution in [3.05, 3.63) is 24.0 Å². The van der Waals surface area contributed by atoms with E-state index >= 15 is 0 Å². The first-order valence-electron chi connectivity index (χ1n) is 5.57. The van der Waals surface area contributed by atoms with Crippen molar-refractivity contribution in [1.82, 2.24) is 9.97 Å². The highest BCUT2D eigenvalue weighted by Crippen LogP contribution is 2.15. The van der Waals surface area contributed by atoms with E-state index in [1.54, 1.807) is 13.2 Å². The number of benzene rings is 1. The molecule has 92 valence electrons. The number of halogens is 1. The van der Waals surface area contributed by atoms with E-state index in [-0.39, 0.29) is 5.82 Å². The van der Waals surface area contributed by atoms with Crippen LogP contribution in [0.4, 0.5) is 10.3 Å². The van der Waals surface area contributed by atoms with Crippen molar-refractivity contribution < 1.29 is 9.13 Å². The maximum Gasteiger partial charge on any atom is 0.201 e. The lowest BCUT2D eigenvalue weighted by Gasteiger charge is -2.10. The highest BCUT2D eigenvalue weighted by Gasteiger charge is 2.05. The SMILES string of the molecule is COCC(C)CNc1nc2ccc(F)cc2[nH]1. The summed E-state index contributed by atoms with van der Waals surface area (Å²) < 4.78 is 18.0. The van der Waals surface area contributed by atoms with Crippen LogP contribution in [0.25, 0.3) is 11.0 Å². The fourth-order valence-electron chi connectivity index (χ4n) is 1.68. The van der Waals surface area contributed by atoms with Gasteiger partial charge in [0.25, 0.3) is 0 Å². The van der Waals surface area contributed by atoms with E-state index < -0.39 is 0 Å². The molecule has 5 heteroatoms. The number of imidazole rings is 1. The second-order valence-corrected chi connectivity index (χ2v) is 4.19. The zero-order valence-corrected chi connectivity index (χ0v) is 9.96. The van der Waals surface area contributed by atoms with E-state index in [2.05, 4.69) is 22.2 Å². The summed E-state index contributed by atoms with van der Waals surface area (Å²) >= 11 is 0. The molecule has 0 fully saturated rings. The van der Waals surface area contributed by atoms with Crippen LogP contribution in [0.1, 0.15) is 6.92 Å². The molecule has 0 aliphatic rings. The van der Waals surface area contributed by atoms with Crippen LogP contribution in [-0.2, 0) is 4.74 Å². The van der Waals surface area contributed by atoms with Gasteiger partial charge < -0.3 is 15.0 Å². The van der Waals surface area contributed by atoms with Gasteiger partial charge in [0, 0.05) is 13.7 Å². The molecule has 0 amide bonds. The number of fused-ring (bicyclic) bond motifs is 1. The summed E-state index contributed by atoms with van der Waals surface area (Å²) in [6.07, 6.45) is 0. The summed E-state index contributed by atoms with van der Waals surface area (Å²) in [5.74, 6) is 0.791. The van der Waals surface area contributed by atoms with E-state index in [0.717, 1.165) is 12.1 Å². The van der Waals surface area contributed by atoms with E-state index in [1.807, 2.05) is 0 Å². The van der Waals surface area contributed by atoms with E-state index in [4.69, 9.17) is 4.74 Å². The molecule has 4 nitrogen and oxygen atoms in total. The minimum absolute atomic E-state index is 0.263. The second-order valence-electron chi connectivity index (χ2n) is 4.19. The second kappa shape index (κ2) is 5.14. The van der Waals surface area contributed by atoms with E-state index in [0.29, 0.717) is 24.0 Å². The Morgan fingerprint density at radius 2 is 2.35 bits per heavy atom. The summed E-state index contributed by atoms with van der Waals surface area (Å²) in [6.45, 7) is 3.54. The van der Waals surface area contributed by atoms with Crippen LogP contribution >= 0.6 is 0 Å². The minimum Gasteiger partial charge on any atom is -0.384 e. The average Bonchev–Trinajstić information content (AvgIpc) is 2.68. The predicted octanol–water partition coefficient (Wildman–Crippen LogP) is 2.40. The van der Waals surface area contributed by atoms with Gasteiger partial charge in [0.05, 0.1) is 17.6 Å². The molecular formula is C12H16FN3O. The van der Waals surface area contributed by atoms with Gasteiger partial charge in [-0.3, -0.25) is 0 Å². The monoisotopic (exact) mass is 237 g/mol. The molecule has 1 unspecified atom stereocenters. The largest absolute Gasteiger partial charge is 0.384 e. The molecule has 1 heterocycles. The standard InChI is InChI=1S/C12H16FN3O/c1-8(7-17-2)6-14-12-15-10-4-3-9(13)5-11(10)16-12/h3-5,8H,6-7H2,1-2H3,(H2,14,15,16). The lowest BCUT2D eigenvalue weighted by atomic mass is 10.2. The quantitative estimate of drug-likeness (QED) is 0.839. The smallest absolute Gasteiger partial charge is 0.201 e. The van der Waals surface area contributed by atoms with Gasteiger partial charge in [-0.2, -0.15) is 0 Å². The minimum atomic E-state index is -0.263. The van der Waals surface area contributed by atoms with Crippen LogP contribution in [0.5, 0.6) is 0 Å². The molecule has 0 aliphatic heterocycles. The Balaban J connectivity index is 2.04. The Labute approximate surface area is 99.2 Å². The highest BCUT2D eigenvalue weighted by molar-refractivity contribution is 5.77. The number of nitrogens with one attached hydrogen (secondary N) is 2. The molecule has 0 bridgehead atoms. The number of nitrogens with zero attached hydrogens (tertiary/aromatic N) is 1. The van der Waals surface area contributed by atoms with Crippen molar-refractivity contribution in [2.24, 2.45) is 5.92 Å². The summed E-state index contributed by atoms with van der Waals surface area (Å²) in [7, 11) is 1.68. The Bertz CT molecular complexity index is 497. The zero-order chi connectivity index (χ0) is 12.3. The molecule has 2 N–H and O–H groups in total. The number of aromatic nitrogens is 2. The first-order valence-corrected chi connectivity index (χ1v) is 5.57. The number of hydrogen-bond acceptors (Lipinski definition) is 3. The summed E-state index contributed by atoms with van der Waals surface area (Å²) in [5, 5.41) is 3.17. The van der Waals surface area contributed by atoms with Crippen molar-refractivity contribution in [3.63, 3.8) is 0 Å². The molecule has 0 spiro atoms. The lowest BCUT2D eigenvalue weighted by Crippen LogP contribution is -2.16. The van der Waals surface area contributed by atoms with Crippen molar-refractivity contribution in [2.45, 2.75) is 6.92 Å². The fraction of sp³-hybridized carbons (Fsp3) is 0.417. The Hall–Kier alpha value is -1.62. The molecule has 0 saturated heterocycles. The highest BCUT2D eigenvalue weighted by atomic mass is 19.1. The zero-order valence-electron chi connectivity index (χ0n) is 9.96. The molecule has 1 atom stereocenters. The predicted molar refractivity (Wildman–Crippen MR) is 65.6 cm³/mol. The third kappa shape index (κ3) is 2.94. The van der Waals surface area contributed by atoms with E-state index in [9.17, 15) is 4.39 Å². The van der Waals surface area contributed by atoms with Crippen LogP contribution in [0.15, 0.2) is 18.2 Å². The third-order valence-electron chi connectivity index (χ3n) is 2.51. The summed E-state index contributed by atoms with van der Waals surface area (Å²) in [4.78, 5) is 7.34. The van der Waals surface area contributed by atoms with E-state index in [1.165, 1.54) is 12.1 Å². The maximum absolute atomic E-state index is 13.0. The van der Waals surface area contributed by atoms with Gasteiger partial charge in [-0.15, -0.1) is 0 Å². The van der Waals surface area contributed by atoms with Crippen LogP contribution in [-0.4, -0.2) is 30.2 Å². The van der Waals surface area contributed by atoms with Crippen molar-refractivity contribution in [3.8, 4) is 0 Å². The first-order chi connectivity index (χ1) is 8.19. The fourth-order valence-corrected chi connectivity index (χ4v) is 1.68. The summed E-state index contributed by atoms with van der Waals surface area (Å²) in [5.41, 5.74) is 1.46. The number of aromatic amines is 1. The normalized spacial score (nSPS) is 12.9. The van der Waals surface area contributed by atoms with Gasteiger partial charge in [-0.05, 0) is 24.1 Å². The number of methoxy groups -OCH3 is 1. The molecule has 0 saturated carbocycles. The molecule has 0 radical (unpaired) electrons. The van der Waals surface area contributed by atoms with Crippen molar-refractivity contribution in [1.29, 1.82) is 0 Å². The number of rotatable bonds is 5. The van der Waals surface area contributed by atoms with Gasteiger partial charge in [0.1, 0.15) is 5.82 Å². The molecule has 1 aromatic heterocycles. The number of H-pyrrole nitrogens is 1. The van der Waals surface area contributed by atoms with Crippen molar-refractivity contribution in [2.75, 3.05) is 25.6 Å². The average molecular weight is 237 g/mol. The molecule has 2 rings (SSSR count). The van der Waals surface area contributed by atoms with Crippen LogP contribution in [0.2, 0.25) is 0 Å². The molecule has 2 aromatic rings. The molecular weight excluding hydrogens is 221 g/mol. The van der Waals surface area contributed by atoms with Crippen LogP contribution in [0.3, 0.4) is 0 Å². The Morgan fingerprint density at radius 1 is 1.53 bits per heavy atom. The van der Waals surface area contributed by atoms with Crippen LogP contribution in [0, 0.1) is 11.7 Å². The number of ether oxygens (including phenoxy) is 1. The maximum atomic E-state index is 13.0. The molecule has 17 heavy (non-hydrogen) atoms.